The first-order chi connectivity index (χ1) is 13.0. The van der Waals surface area contributed by atoms with Crippen molar-refractivity contribution < 1.29 is 4.79 Å². The Labute approximate surface area is 158 Å². The van der Waals surface area contributed by atoms with Gasteiger partial charge >= 0.3 is 0 Å². The van der Waals surface area contributed by atoms with Gasteiger partial charge in [0.25, 0.3) is 5.78 Å². The number of aromatic nitrogens is 4. The summed E-state index contributed by atoms with van der Waals surface area (Å²) in [5.74, 6) is 0.642. The molecular weight excluding hydrogens is 340 g/mol. The fourth-order valence-electron chi connectivity index (χ4n) is 3.93. The molecule has 7 nitrogen and oxygen atoms in total. The van der Waals surface area contributed by atoms with Gasteiger partial charge in [-0.25, -0.2) is 4.98 Å². The minimum Gasteiger partial charge on any atom is -0.366 e. The number of hydrogen-bond acceptors (Lipinski definition) is 5. The molecule has 2 heterocycles. The van der Waals surface area contributed by atoms with Gasteiger partial charge in [-0.2, -0.15) is 9.50 Å². The number of nitrogen functional groups attached to an aromatic ring is 1. The van der Waals surface area contributed by atoms with Crippen molar-refractivity contribution in [3.63, 3.8) is 0 Å². The highest BCUT2D eigenvalue weighted by Crippen LogP contribution is 2.43. The summed E-state index contributed by atoms with van der Waals surface area (Å²) in [4.78, 5) is 21.2. The second kappa shape index (κ2) is 6.64. The standard InChI is InChI=1S/C20H24N6O/c1-13-16(14(2)26-19(23-13)24-18(21)25-26)11-17(27)22-12-20(9-6-10-20)15-7-4-3-5-8-15/h3-5,7-8H,6,9-12H2,1-2H3,(H2,21,25)(H,22,27). The molecule has 1 fully saturated rings. The van der Waals surface area contributed by atoms with Crippen LogP contribution in [-0.4, -0.2) is 32.0 Å². The maximum atomic E-state index is 12.7. The third kappa shape index (κ3) is 3.13. The summed E-state index contributed by atoms with van der Waals surface area (Å²) < 4.78 is 1.60. The molecule has 1 amide bonds. The molecule has 0 bridgehead atoms. The van der Waals surface area contributed by atoms with Gasteiger partial charge in [0.2, 0.25) is 11.9 Å². The van der Waals surface area contributed by atoms with Crippen LogP contribution in [0.4, 0.5) is 5.95 Å². The zero-order valence-corrected chi connectivity index (χ0v) is 15.7. The van der Waals surface area contributed by atoms with Crippen molar-refractivity contribution in [1.29, 1.82) is 0 Å². The monoisotopic (exact) mass is 364 g/mol. The van der Waals surface area contributed by atoms with Gasteiger partial charge in [0.1, 0.15) is 0 Å². The Morgan fingerprint density at radius 3 is 2.63 bits per heavy atom. The van der Waals surface area contributed by atoms with Crippen LogP contribution in [0.15, 0.2) is 30.3 Å². The largest absolute Gasteiger partial charge is 0.366 e. The lowest BCUT2D eigenvalue weighted by molar-refractivity contribution is -0.120. The normalized spacial score (nSPS) is 15.5. The van der Waals surface area contributed by atoms with E-state index >= 15 is 0 Å². The van der Waals surface area contributed by atoms with Crippen molar-refractivity contribution in [3.8, 4) is 0 Å². The molecule has 27 heavy (non-hydrogen) atoms. The van der Waals surface area contributed by atoms with E-state index in [1.807, 2.05) is 19.9 Å². The molecule has 1 aliphatic carbocycles. The van der Waals surface area contributed by atoms with Gasteiger partial charge < -0.3 is 11.1 Å². The van der Waals surface area contributed by atoms with E-state index in [0.717, 1.165) is 29.8 Å². The van der Waals surface area contributed by atoms with Crippen molar-refractivity contribution in [2.24, 2.45) is 0 Å². The highest BCUT2D eigenvalue weighted by atomic mass is 16.1. The Balaban J connectivity index is 1.49. The first kappa shape index (κ1) is 17.5. The SMILES string of the molecule is Cc1nc2nc(N)nn2c(C)c1CC(=O)NCC1(c2ccccc2)CCC1. The molecule has 3 aromatic rings. The summed E-state index contributed by atoms with van der Waals surface area (Å²) in [6, 6.07) is 10.5. The van der Waals surface area contributed by atoms with Crippen LogP contribution in [-0.2, 0) is 16.6 Å². The Kier molecular flexibility index (Phi) is 4.30. The molecule has 0 unspecified atom stereocenters. The van der Waals surface area contributed by atoms with E-state index < -0.39 is 0 Å². The van der Waals surface area contributed by atoms with Crippen LogP contribution in [0.5, 0.6) is 0 Å². The van der Waals surface area contributed by atoms with E-state index in [9.17, 15) is 4.79 Å². The number of anilines is 1. The number of amides is 1. The highest BCUT2D eigenvalue weighted by molar-refractivity contribution is 5.79. The summed E-state index contributed by atoms with van der Waals surface area (Å²) in [6.07, 6.45) is 3.70. The van der Waals surface area contributed by atoms with E-state index in [-0.39, 0.29) is 23.7 Å². The average molecular weight is 364 g/mol. The lowest BCUT2D eigenvalue weighted by Crippen LogP contribution is -2.46. The molecule has 0 radical (unpaired) electrons. The van der Waals surface area contributed by atoms with Gasteiger partial charge in [0, 0.05) is 28.9 Å². The maximum absolute atomic E-state index is 12.7. The Bertz CT molecular complexity index is 991. The van der Waals surface area contributed by atoms with Gasteiger partial charge in [-0.15, -0.1) is 5.10 Å². The predicted octanol–water partition coefficient (Wildman–Crippen LogP) is 2.10. The van der Waals surface area contributed by atoms with Crippen LogP contribution < -0.4 is 11.1 Å². The van der Waals surface area contributed by atoms with E-state index in [2.05, 4.69) is 44.6 Å². The van der Waals surface area contributed by atoms with Crippen LogP contribution in [0, 0.1) is 13.8 Å². The molecular formula is C20H24N6O. The third-order valence-electron chi connectivity index (χ3n) is 5.72. The lowest BCUT2D eigenvalue weighted by atomic mass is 9.64. The van der Waals surface area contributed by atoms with Crippen molar-refractivity contribution >= 4 is 17.6 Å². The van der Waals surface area contributed by atoms with Crippen LogP contribution in [0.3, 0.4) is 0 Å². The number of nitrogens with two attached hydrogens (primary N) is 1. The summed E-state index contributed by atoms with van der Waals surface area (Å²) in [5, 5.41) is 7.30. The summed E-state index contributed by atoms with van der Waals surface area (Å²) >= 11 is 0. The van der Waals surface area contributed by atoms with Gasteiger partial charge in [-0.1, -0.05) is 36.8 Å². The molecule has 4 rings (SSSR count). The van der Waals surface area contributed by atoms with Crippen LogP contribution in [0.2, 0.25) is 0 Å². The number of benzene rings is 1. The summed E-state index contributed by atoms with van der Waals surface area (Å²) in [6.45, 7) is 4.47. The zero-order chi connectivity index (χ0) is 19.0. The third-order valence-corrected chi connectivity index (χ3v) is 5.72. The lowest BCUT2D eigenvalue weighted by Gasteiger charge is -2.42. The van der Waals surface area contributed by atoms with Gasteiger partial charge in [-0.3, -0.25) is 4.79 Å². The second-order valence-electron chi connectivity index (χ2n) is 7.40. The second-order valence-corrected chi connectivity index (χ2v) is 7.40. The van der Waals surface area contributed by atoms with Crippen LogP contribution in [0.25, 0.3) is 5.78 Å². The van der Waals surface area contributed by atoms with E-state index in [1.54, 1.807) is 4.52 Å². The van der Waals surface area contributed by atoms with E-state index in [4.69, 9.17) is 5.73 Å². The van der Waals surface area contributed by atoms with Crippen LogP contribution in [0.1, 0.15) is 41.8 Å². The van der Waals surface area contributed by atoms with Crippen molar-refractivity contribution in [2.75, 3.05) is 12.3 Å². The minimum absolute atomic E-state index is 0.00218. The van der Waals surface area contributed by atoms with Crippen LogP contribution >= 0.6 is 0 Å². The number of aryl methyl sites for hydroxylation is 2. The maximum Gasteiger partial charge on any atom is 0.254 e. The molecule has 2 aromatic heterocycles. The van der Waals surface area contributed by atoms with Crippen molar-refractivity contribution in [3.05, 3.63) is 52.8 Å². The van der Waals surface area contributed by atoms with Gasteiger partial charge in [-0.05, 0) is 32.3 Å². The highest BCUT2D eigenvalue weighted by Gasteiger charge is 2.38. The minimum atomic E-state index is -0.00218. The number of rotatable bonds is 5. The first-order valence-electron chi connectivity index (χ1n) is 9.29. The average Bonchev–Trinajstić information content (AvgIpc) is 2.99. The molecule has 0 spiro atoms. The first-order valence-corrected chi connectivity index (χ1v) is 9.29. The number of fused-ring (bicyclic) bond motifs is 1. The quantitative estimate of drug-likeness (QED) is 0.722. The molecule has 0 atom stereocenters. The Morgan fingerprint density at radius 1 is 1.22 bits per heavy atom. The molecule has 140 valence electrons. The van der Waals surface area contributed by atoms with Gasteiger partial charge in [0.15, 0.2) is 0 Å². The Morgan fingerprint density at radius 2 is 1.96 bits per heavy atom. The topological polar surface area (TPSA) is 98.2 Å². The summed E-state index contributed by atoms with van der Waals surface area (Å²) in [5.41, 5.74) is 9.55. The fourth-order valence-corrected chi connectivity index (χ4v) is 3.93. The smallest absolute Gasteiger partial charge is 0.254 e. The number of carbonyl (C=O) groups excluding carboxylic acids is 1. The molecule has 1 saturated carbocycles. The number of hydrogen-bond donors (Lipinski definition) is 2. The number of nitrogens with one attached hydrogen (secondary N) is 1. The Hall–Kier alpha value is -2.96. The molecule has 3 N–H and O–H groups in total. The molecule has 0 aliphatic heterocycles. The molecule has 7 heteroatoms. The summed E-state index contributed by atoms with van der Waals surface area (Å²) in [7, 11) is 0. The van der Waals surface area contributed by atoms with Crippen molar-refractivity contribution in [2.45, 2.75) is 44.9 Å². The molecule has 1 aliphatic rings. The molecule has 0 saturated heterocycles. The molecule has 1 aromatic carbocycles. The zero-order valence-electron chi connectivity index (χ0n) is 15.7. The van der Waals surface area contributed by atoms with E-state index in [0.29, 0.717) is 12.3 Å². The van der Waals surface area contributed by atoms with E-state index in [1.165, 1.54) is 12.0 Å². The van der Waals surface area contributed by atoms with Crippen molar-refractivity contribution in [1.82, 2.24) is 24.9 Å². The fraction of sp³-hybridized carbons (Fsp3) is 0.400. The predicted molar refractivity (Wildman–Crippen MR) is 103 cm³/mol. The van der Waals surface area contributed by atoms with Gasteiger partial charge in [0.05, 0.1) is 6.42 Å². The number of carbonyl (C=O) groups is 1. The number of nitrogens with zero attached hydrogens (tertiary/aromatic N) is 4.